The molecular formula is C14H22N4O4S. The number of nitrogens with zero attached hydrogens (tertiary/aromatic N) is 3. The molecule has 0 aromatic heterocycles. The van der Waals surface area contributed by atoms with Crippen LogP contribution in [0.4, 0.5) is 0 Å². The van der Waals surface area contributed by atoms with E-state index in [2.05, 4.69) is 15.4 Å². The summed E-state index contributed by atoms with van der Waals surface area (Å²) >= 11 is 1.39. The van der Waals surface area contributed by atoms with E-state index in [1.807, 2.05) is 13.2 Å². The molecule has 0 aliphatic carbocycles. The van der Waals surface area contributed by atoms with Crippen molar-refractivity contribution in [2.24, 2.45) is 10.1 Å². The number of aliphatic imine (C=N–C) groups is 1. The number of esters is 1. The maximum atomic E-state index is 12.2. The Bertz CT molecular complexity index is 529. The van der Waals surface area contributed by atoms with Crippen LogP contribution in [-0.2, 0) is 19.0 Å². The van der Waals surface area contributed by atoms with Gasteiger partial charge in [-0.3, -0.25) is 4.99 Å². The van der Waals surface area contributed by atoms with Crippen LogP contribution in [0.1, 0.15) is 13.8 Å². The molecule has 0 saturated carbocycles. The minimum Gasteiger partial charge on any atom is -0.465 e. The van der Waals surface area contributed by atoms with Gasteiger partial charge in [-0.2, -0.15) is 5.10 Å². The van der Waals surface area contributed by atoms with E-state index >= 15 is 0 Å². The molecule has 0 aromatic carbocycles. The number of hydrogen-bond donors (Lipinski definition) is 1. The number of methoxy groups -OCH3 is 1. The highest BCUT2D eigenvalue weighted by atomic mass is 32.2. The standard InChI is InChI=1S/C14H22N4O4S/c1-5-16-18-9(2)17-13(23-4)11(14(19)20-3)12(18)15-8-10-21-6-7-22-10/h5,9-10,15H,6-8H2,1-4H3/b16-5-. The summed E-state index contributed by atoms with van der Waals surface area (Å²) in [6.45, 7) is 5.25. The molecule has 23 heavy (non-hydrogen) atoms. The second-order valence-electron chi connectivity index (χ2n) is 4.76. The van der Waals surface area contributed by atoms with Gasteiger partial charge in [0.1, 0.15) is 22.6 Å². The van der Waals surface area contributed by atoms with Gasteiger partial charge in [0.2, 0.25) is 0 Å². The lowest BCUT2D eigenvalue weighted by atomic mass is 10.2. The van der Waals surface area contributed by atoms with Crippen molar-refractivity contribution < 1.29 is 19.0 Å². The number of hydrazone groups is 1. The highest BCUT2D eigenvalue weighted by molar-refractivity contribution is 8.14. The molecule has 1 N–H and O–H groups in total. The molecule has 128 valence electrons. The Morgan fingerprint density at radius 3 is 2.83 bits per heavy atom. The van der Waals surface area contributed by atoms with Crippen LogP contribution in [-0.4, -0.2) is 67.8 Å². The highest BCUT2D eigenvalue weighted by Gasteiger charge is 2.33. The summed E-state index contributed by atoms with van der Waals surface area (Å²) in [5.41, 5.74) is 0.363. The predicted molar refractivity (Wildman–Crippen MR) is 89.2 cm³/mol. The molecule has 2 rings (SSSR count). The molecular weight excluding hydrogens is 320 g/mol. The normalized spacial score (nSPS) is 22.7. The lowest BCUT2D eigenvalue weighted by molar-refractivity contribution is -0.135. The summed E-state index contributed by atoms with van der Waals surface area (Å²) < 4.78 is 15.8. The third-order valence-corrected chi connectivity index (χ3v) is 3.98. The number of ether oxygens (including phenoxy) is 3. The molecule has 1 unspecified atom stereocenters. The molecule has 1 saturated heterocycles. The van der Waals surface area contributed by atoms with Crippen LogP contribution in [0, 0.1) is 0 Å². The van der Waals surface area contributed by atoms with E-state index in [9.17, 15) is 4.79 Å². The van der Waals surface area contributed by atoms with Gasteiger partial charge in [0.05, 0.1) is 26.9 Å². The van der Waals surface area contributed by atoms with Gasteiger partial charge < -0.3 is 19.5 Å². The van der Waals surface area contributed by atoms with Crippen LogP contribution >= 0.6 is 11.8 Å². The summed E-state index contributed by atoms with van der Waals surface area (Å²) in [6, 6.07) is 0. The number of hydrogen-bond acceptors (Lipinski definition) is 9. The van der Waals surface area contributed by atoms with Crippen molar-refractivity contribution in [2.75, 3.05) is 33.1 Å². The second kappa shape index (κ2) is 8.32. The molecule has 0 amide bonds. The first-order chi connectivity index (χ1) is 11.1. The summed E-state index contributed by atoms with van der Waals surface area (Å²) in [4.78, 5) is 16.8. The third kappa shape index (κ3) is 4.04. The van der Waals surface area contributed by atoms with Crippen molar-refractivity contribution in [2.45, 2.75) is 26.3 Å². The molecule has 9 heteroatoms. The van der Waals surface area contributed by atoms with Crippen LogP contribution in [0.15, 0.2) is 21.5 Å². The van der Waals surface area contributed by atoms with E-state index in [4.69, 9.17) is 14.2 Å². The van der Waals surface area contributed by atoms with Crippen molar-refractivity contribution in [1.29, 1.82) is 0 Å². The van der Waals surface area contributed by atoms with Crippen molar-refractivity contribution >= 4 is 29.0 Å². The Kier molecular flexibility index (Phi) is 6.43. The fourth-order valence-electron chi connectivity index (χ4n) is 2.29. The zero-order chi connectivity index (χ0) is 16.8. The Morgan fingerprint density at radius 1 is 1.57 bits per heavy atom. The Morgan fingerprint density at radius 2 is 2.26 bits per heavy atom. The minimum absolute atomic E-state index is 0.241. The number of rotatable bonds is 5. The molecule has 8 nitrogen and oxygen atoms in total. The summed E-state index contributed by atoms with van der Waals surface area (Å²) in [6.07, 6.45) is 2.93. The molecule has 0 radical (unpaired) electrons. The summed E-state index contributed by atoms with van der Waals surface area (Å²) in [7, 11) is 1.35. The predicted octanol–water partition coefficient (Wildman–Crippen LogP) is 0.762. The van der Waals surface area contributed by atoms with Crippen LogP contribution in [0.3, 0.4) is 0 Å². The Hall–Kier alpha value is -1.58. The van der Waals surface area contributed by atoms with E-state index in [1.165, 1.54) is 18.9 Å². The number of carbonyl (C=O) groups excluding carboxylic acids is 1. The molecule has 0 aromatic rings. The highest BCUT2D eigenvalue weighted by Crippen LogP contribution is 2.26. The van der Waals surface area contributed by atoms with Crippen molar-refractivity contribution in [1.82, 2.24) is 10.3 Å². The first-order valence-electron chi connectivity index (χ1n) is 7.32. The smallest absolute Gasteiger partial charge is 0.344 e. The Balaban J connectivity index is 2.34. The zero-order valence-electron chi connectivity index (χ0n) is 13.7. The van der Waals surface area contributed by atoms with E-state index in [0.717, 1.165) is 0 Å². The SMILES string of the molecule is C/C=N\N1C(NCC2OCCO2)=C(C(=O)OC)C(SC)=NC1C. The van der Waals surface area contributed by atoms with Crippen LogP contribution in [0.25, 0.3) is 0 Å². The topological polar surface area (TPSA) is 84.8 Å². The van der Waals surface area contributed by atoms with Gasteiger partial charge in [0.25, 0.3) is 0 Å². The first kappa shape index (κ1) is 17.8. The number of carbonyl (C=O) groups is 1. The van der Waals surface area contributed by atoms with Gasteiger partial charge in [-0.1, -0.05) is 0 Å². The third-order valence-electron chi connectivity index (χ3n) is 3.29. The quantitative estimate of drug-likeness (QED) is 0.583. The van der Waals surface area contributed by atoms with Crippen LogP contribution in [0.2, 0.25) is 0 Å². The average Bonchev–Trinajstić information content (AvgIpc) is 3.07. The lowest BCUT2D eigenvalue weighted by Gasteiger charge is -2.32. The van der Waals surface area contributed by atoms with Gasteiger partial charge in [0.15, 0.2) is 6.29 Å². The molecule has 2 heterocycles. The molecule has 2 aliphatic rings. The zero-order valence-corrected chi connectivity index (χ0v) is 14.6. The molecule has 0 bridgehead atoms. The second-order valence-corrected chi connectivity index (χ2v) is 5.55. The largest absolute Gasteiger partial charge is 0.465 e. The van der Waals surface area contributed by atoms with E-state index in [1.54, 1.807) is 18.1 Å². The van der Waals surface area contributed by atoms with Gasteiger partial charge in [-0.05, 0) is 20.1 Å². The molecule has 1 fully saturated rings. The van der Waals surface area contributed by atoms with Gasteiger partial charge in [0, 0.05) is 6.21 Å². The molecule has 1 atom stereocenters. The number of nitrogens with one attached hydrogen (secondary N) is 1. The first-order valence-corrected chi connectivity index (χ1v) is 8.54. The van der Waals surface area contributed by atoms with Gasteiger partial charge >= 0.3 is 5.97 Å². The van der Waals surface area contributed by atoms with E-state index < -0.39 is 5.97 Å². The summed E-state index contributed by atoms with van der Waals surface area (Å²) in [5, 5.41) is 9.78. The average molecular weight is 342 g/mol. The monoisotopic (exact) mass is 342 g/mol. The van der Waals surface area contributed by atoms with E-state index in [0.29, 0.717) is 36.2 Å². The maximum absolute atomic E-state index is 12.2. The number of thioether (sulfide) groups is 1. The fourth-order valence-corrected chi connectivity index (χ4v) is 2.93. The van der Waals surface area contributed by atoms with E-state index in [-0.39, 0.29) is 12.5 Å². The minimum atomic E-state index is -0.461. The van der Waals surface area contributed by atoms with Crippen LogP contribution < -0.4 is 5.32 Å². The van der Waals surface area contributed by atoms with Crippen LogP contribution in [0.5, 0.6) is 0 Å². The van der Waals surface area contributed by atoms with Gasteiger partial charge in [-0.15, -0.1) is 11.8 Å². The molecule has 2 aliphatic heterocycles. The molecule has 0 spiro atoms. The summed E-state index contributed by atoms with van der Waals surface area (Å²) in [5.74, 6) is 0.0814. The fraction of sp³-hybridized carbons (Fsp3) is 0.643. The lowest BCUT2D eigenvalue weighted by Crippen LogP contribution is -2.43. The van der Waals surface area contributed by atoms with Crippen molar-refractivity contribution in [3.05, 3.63) is 11.4 Å². The van der Waals surface area contributed by atoms with Crippen molar-refractivity contribution in [3.63, 3.8) is 0 Å². The van der Waals surface area contributed by atoms with Gasteiger partial charge in [-0.25, -0.2) is 9.80 Å². The maximum Gasteiger partial charge on any atom is 0.344 e. The van der Waals surface area contributed by atoms with Crippen molar-refractivity contribution in [3.8, 4) is 0 Å². The Labute approximate surface area is 139 Å².